The molecule has 0 bridgehead atoms. The summed E-state index contributed by atoms with van der Waals surface area (Å²) in [7, 11) is 0. The maximum absolute atomic E-state index is 13.0. The van der Waals surface area contributed by atoms with E-state index < -0.39 is 17.0 Å². The lowest BCUT2D eigenvalue weighted by atomic mass is 10.2. The van der Waals surface area contributed by atoms with Crippen LogP contribution in [-0.4, -0.2) is 28.1 Å². The number of carboxylic acid groups (broad SMARTS) is 1. The molecule has 0 aliphatic heterocycles. The number of hydrogen-bond donors (Lipinski definition) is 3. The van der Waals surface area contributed by atoms with E-state index in [9.17, 15) is 18.8 Å². The molecule has 0 aliphatic rings. The predicted molar refractivity (Wildman–Crippen MR) is 118 cm³/mol. The van der Waals surface area contributed by atoms with Crippen molar-refractivity contribution in [2.75, 3.05) is 10.6 Å². The molecule has 3 aromatic carbocycles. The Morgan fingerprint density at radius 2 is 1.52 bits per heavy atom. The number of anilines is 2. The molecule has 6 nitrogen and oxygen atoms in total. The number of carboxylic acids is 1. The molecule has 158 valence electrons. The van der Waals surface area contributed by atoms with Crippen molar-refractivity contribution in [3.63, 3.8) is 0 Å². The molecule has 0 spiro atoms. The van der Waals surface area contributed by atoms with Crippen LogP contribution in [0.2, 0.25) is 0 Å². The van der Waals surface area contributed by atoms with Gasteiger partial charge in [0, 0.05) is 21.8 Å². The van der Waals surface area contributed by atoms with E-state index in [2.05, 4.69) is 10.6 Å². The topological polar surface area (TPSA) is 95.5 Å². The van der Waals surface area contributed by atoms with Crippen LogP contribution in [0.1, 0.15) is 27.6 Å². The van der Waals surface area contributed by atoms with Crippen LogP contribution in [0.4, 0.5) is 15.8 Å². The fourth-order valence-corrected chi connectivity index (χ4v) is 3.61. The first-order chi connectivity index (χ1) is 14.8. The zero-order chi connectivity index (χ0) is 22.4. The Morgan fingerprint density at radius 1 is 0.871 bits per heavy atom. The van der Waals surface area contributed by atoms with E-state index in [-0.39, 0.29) is 17.4 Å². The van der Waals surface area contributed by atoms with E-state index in [0.29, 0.717) is 16.9 Å². The first-order valence-corrected chi connectivity index (χ1v) is 10.2. The van der Waals surface area contributed by atoms with Gasteiger partial charge in [-0.15, -0.1) is 11.8 Å². The molecule has 0 radical (unpaired) electrons. The van der Waals surface area contributed by atoms with Gasteiger partial charge in [0.2, 0.25) is 5.91 Å². The highest BCUT2D eigenvalue weighted by Crippen LogP contribution is 2.27. The third-order valence-electron chi connectivity index (χ3n) is 4.26. The highest BCUT2D eigenvalue weighted by atomic mass is 32.2. The Kier molecular flexibility index (Phi) is 7.04. The van der Waals surface area contributed by atoms with Crippen LogP contribution in [0.3, 0.4) is 0 Å². The summed E-state index contributed by atoms with van der Waals surface area (Å²) in [6, 6.07) is 18.3. The van der Waals surface area contributed by atoms with Crippen LogP contribution in [0.25, 0.3) is 0 Å². The summed E-state index contributed by atoms with van der Waals surface area (Å²) in [5.74, 6) is -2.14. The van der Waals surface area contributed by atoms with Gasteiger partial charge >= 0.3 is 5.97 Å². The van der Waals surface area contributed by atoms with Crippen LogP contribution >= 0.6 is 11.8 Å². The Morgan fingerprint density at radius 3 is 2.19 bits per heavy atom. The van der Waals surface area contributed by atoms with Crippen molar-refractivity contribution < 1.29 is 23.9 Å². The lowest BCUT2D eigenvalue weighted by Gasteiger charge is -2.13. The number of halogens is 1. The molecule has 0 aromatic heterocycles. The van der Waals surface area contributed by atoms with Gasteiger partial charge in [0.15, 0.2) is 0 Å². The van der Waals surface area contributed by atoms with Gasteiger partial charge in [-0.05, 0) is 67.6 Å². The number of amides is 2. The van der Waals surface area contributed by atoms with Crippen LogP contribution < -0.4 is 10.6 Å². The van der Waals surface area contributed by atoms with Gasteiger partial charge in [-0.25, -0.2) is 9.18 Å². The molecule has 2 amide bonds. The zero-order valence-electron chi connectivity index (χ0n) is 16.5. The average molecular weight is 438 g/mol. The van der Waals surface area contributed by atoms with Crippen molar-refractivity contribution in [1.82, 2.24) is 0 Å². The van der Waals surface area contributed by atoms with Crippen molar-refractivity contribution in [3.8, 4) is 0 Å². The van der Waals surface area contributed by atoms with E-state index >= 15 is 0 Å². The van der Waals surface area contributed by atoms with E-state index in [1.54, 1.807) is 37.3 Å². The van der Waals surface area contributed by atoms with Gasteiger partial charge in [0.1, 0.15) is 5.82 Å². The van der Waals surface area contributed by atoms with Gasteiger partial charge in [-0.1, -0.05) is 12.1 Å². The summed E-state index contributed by atoms with van der Waals surface area (Å²) in [5, 5.41) is 14.0. The molecule has 3 N–H and O–H groups in total. The number of thioether (sulfide) groups is 1. The van der Waals surface area contributed by atoms with E-state index in [1.807, 2.05) is 6.07 Å². The summed E-state index contributed by atoms with van der Waals surface area (Å²) in [4.78, 5) is 36.6. The van der Waals surface area contributed by atoms with Crippen LogP contribution in [-0.2, 0) is 4.79 Å². The SMILES string of the molecule is CC(Sc1cccc(NC(=O)c2ccc(F)cc2)c1)C(=O)Nc1cccc(C(=O)O)c1. The molecule has 3 rings (SSSR count). The highest BCUT2D eigenvalue weighted by Gasteiger charge is 2.16. The number of rotatable bonds is 7. The monoisotopic (exact) mass is 438 g/mol. The Hall–Kier alpha value is -3.65. The maximum Gasteiger partial charge on any atom is 0.335 e. The minimum atomic E-state index is -1.07. The van der Waals surface area contributed by atoms with Gasteiger partial charge in [-0.3, -0.25) is 9.59 Å². The molecule has 0 fully saturated rings. The molecular formula is C23H19FN2O4S. The molecule has 3 aromatic rings. The van der Waals surface area contributed by atoms with Crippen LogP contribution in [0, 0.1) is 5.82 Å². The fraction of sp³-hybridized carbons (Fsp3) is 0.0870. The number of hydrogen-bond acceptors (Lipinski definition) is 4. The summed E-state index contributed by atoms with van der Waals surface area (Å²) in [6.45, 7) is 1.73. The quantitative estimate of drug-likeness (QED) is 0.456. The van der Waals surface area contributed by atoms with Gasteiger partial charge < -0.3 is 15.7 Å². The fourth-order valence-electron chi connectivity index (χ4n) is 2.68. The summed E-state index contributed by atoms with van der Waals surface area (Å²) < 4.78 is 13.0. The van der Waals surface area contributed by atoms with Gasteiger partial charge in [0.25, 0.3) is 5.91 Å². The Balaban J connectivity index is 1.62. The van der Waals surface area contributed by atoms with E-state index in [4.69, 9.17) is 5.11 Å². The van der Waals surface area contributed by atoms with Crippen molar-refractivity contribution in [3.05, 3.63) is 89.7 Å². The minimum absolute atomic E-state index is 0.0858. The molecule has 31 heavy (non-hydrogen) atoms. The predicted octanol–water partition coefficient (Wildman–Crippen LogP) is 4.90. The first-order valence-electron chi connectivity index (χ1n) is 9.29. The molecule has 0 aliphatic carbocycles. The summed E-state index contributed by atoms with van der Waals surface area (Å²) >= 11 is 1.29. The molecular weight excluding hydrogens is 419 g/mol. The average Bonchev–Trinajstić information content (AvgIpc) is 2.74. The normalized spacial score (nSPS) is 11.4. The molecule has 0 saturated heterocycles. The molecule has 0 heterocycles. The van der Waals surface area contributed by atoms with Gasteiger partial charge in [-0.2, -0.15) is 0 Å². The van der Waals surface area contributed by atoms with Crippen molar-refractivity contribution in [2.24, 2.45) is 0 Å². The summed E-state index contributed by atoms with van der Waals surface area (Å²) in [5.41, 5.74) is 1.36. The zero-order valence-corrected chi connectivity index (χ0v) is 17.3. The van der Waals surface area contributed by atoms with E-state index in [0.717, 1.165) is 4.90 Å². The Bertz CT molecular complexity index is 1120. The van der Waals surface area contributed by atoms with Crippen molar-refractivity contribution in [1.29, 1.82) is 0 Å². The third-order valence-corrected chi connectivity index (χ3v) is 5.35. The van der Waals surface area contributed by atoms with Crippen molar-refractivity contribution >= 4 is 40.9 Å². The molecule has 1 unspecified atom stereocenters. The molecule has 0 saturated carbocycles. The number of aromatic carboxylic acids is 1. The third kappa shape index (κ3) is 6.16. The van der Waals surface area contributed by atoms with Gasteiger partial charge in [0.05, 0.1) is 10.8 Å². The number of carbonyl (C=O) groups is 3. The second kappa shape index (κ2) is 9.90. The lowest BCUT2D eigenvalue weighted by Crippen LogP contribution is -2.22. The number of nitrogens with one attached hydrogen (secondary N) is 2. The number of benzene rings is 3. The maximum atomic E-state index is 13.0. The smallest absolute Gasteiger partial charge is 0.335 e. The largest absolute Gasteiger partial charge is 0.478 e. The standard InChI is InChI=1S/C23H19FN2O4S/c1-14(21(27)25-18-5-2-4-16(12-18)23(29)30)31-20-7-3-6-19(13-20)26-22(28)15-8-10-17(24)11-9-15/h2-14H,1H3,(H,25,27)(H,26,28)(H,29,30). The number of carbonyl (C=O) groups excluding carboxylic acids is 2. The second-order valence-electron chi connectivity index (χ2n) is 6.62. The van der Waals surface area contributed by atoms with Crippen LogP contribution in [0.5, 0.6) is 0 Å². The highest BCUT2D eigenvalue weighted by molar-refractivity contribution is 8.00. The second-order valence-corrected chi connectivity index (χ2v) is 8.04. The first kappa shape index (κ1) is 22.0. The lowest BCUT2D eigenvalue weighted by molar-refractivity contribution is -0.115. The molecule has 1 atom stereocenters. The van der Waals surface area contributed by atoms with E-state index in [1.165, 1.54) is 48.2 Å². The Labute approximate surface area is 182 Å². The minimum Gasteiger partial charge on any atom is -0.478 e. The summed E-state index contributed by atoms with van der Waals surface area (Å²) in [6.07, 6.45) is 0. The molecule has 8 heteroatoms. The van der Waals surface area contributed by atoms with Crippen LogP contribution in [0.15, 0.2) is 77.7 Å². The van der Waals surface area contributed by atoms with Crippen molar-refractivity contribution in [2.45, 2.75) is 17.1 Å².